The van der Waals surface area contributed by atoms with E-state index >= 15 is 0 Å². The SMILES string of the molecule is CC(C)(C)c1cccc(-c2nc3ccc(C4CC4C(=O)O)cc3[nH]2)c1. The highest BCUT2D eigenvalue weighted by Gasteiger charge is 2.44. The second-order valence-electron chi connectivity index (χ2n) is 7.98. The summed E-state index contributed by atoms with van der Waals surface area (Å²) in [5.41, 5.74) is 5.39. The molecule has 1 aromatic heterocycles. The van der Waals surface area contributed by atoms with Crippen LogP contribution in [0.2, 0.25) is 0 Å². The van der Waals surface area contributed by atoms with Crippen LogP contribution >= 0.6 is 0 Å². The van der Waals surface area contributed by atoms with Gasteiger partial charge >= 0.3 is 5.97 Å². The number of rotatable bonds is 3. The van der Waals surface area contributed by atoms with Crippen molar-refractivity contribution in [1.29, 1.82) is 0 Å². The molecule has 128 valence electrons. The minimum absolute atomic E-state index is 0.0903. The van der Waals surface area contributed by atoms with Crippen molar-refractivity contribution in [3.63, 3.8) is 0 Å². The lowest BCUT2D eigenvalue weighted by Crippen LogP contribution is -2.10. The summed E-state index contributed by atoms with van der Waals surface area (Å²) in [4.78, 5) is 19.2. The number of nitrogens with zero attached hydrogens (tertiary/aromatic N) is 1. The fraction of sp³-hybridized carbons (Fsp3) is 0.333. The summed E-state index contributed by atoms with van der Waals surface area (Å²) in [5, 5.41) is 9.12. The highest BCUT2D eigenvalue weighted by molar-refractivity contribution is 5.81. The zero-order chi connectivity index (χ0) is 17.8. The molecule has 2 atom stereocenters. The Morgan fingerprint density at radius 2 is 2.00 bits per heavy atom. The van der Waals surface area contributed by atoms with Crippen LogP contribution in [-0.4, -0.2) is 21.0 Å². The number of aromatic amines is 1. The van der Waals surface area contributed by atoms with Gasteiger partial charge in [0.25, 0.3) is 0 Å². The molecule has 0 aliphatic heterocycles. The first-order valence-electron chi connectivity index (χ1n) is 8.66. The number of fused-ring (bicyclic) bond motifs is 1. The lowest BCUT2D eigenvalue weighted by molar-refractivity contribution is -0.138. The molecule has 0 bridgehead atoms. The predicted octanol–water partition coefficient (Wildman–Crippen LogP) is 4.72. The summed E-state index contributed by atoms with van der Waals surface area (Å²) in [5.74, 6) is 0.0550. The van der Waals surface area contributed by atoms with Gasteiger partial charge in [0.1, 0.15) is 5.82 Å². The van der Waals surface area contributed by atoms with Crippen LogP contribution in [0.5, 0.6) is 0 Å². The fourth-order valence-corrected chi connectivity index (χ4v) is 3.36. The van der Waals surface area contributed by atoms with Gasteiger partial charge < -0.3 is 10.1 Å². The molecule has 4 rings (SSSR count). The third kappa shape index (κ3) is 2.93. The first-order chi connectivity index (χ1) is 11.8. The summed E-state index contributed by atoms with van der Waals surface area (Å²) in [6.07, 6.45) is 0.732. The summed E-state index contributed by atoms with van der Waals surface area (Å²) in [6.45, 7) is 6.60. The number of imidazole rings is 1. The van der Waals surface area contributed by atoms with E-state index in [0.717, 1.165) is 34.4 Å². The van der Waals surface area contributed by atoms with Crippen molar-refractivity contribution in [3.05, 3.63) is 53.6 Å². The van der Waals surface area contributed by atoms with E-state index in [1.54, 1.807) is 0 Å². The number of aliphatic carboxylic acids is 1. The van der Waals surface area contributed by atoms with Crippen molar-refractivity contribution in [3.8, 4) is 11.4 Å². The van der Waals surface area contributed by atoms with Gasteiger partial charge in [-0.05, 0) is 47.1 Å². The van der Waals surface area contributed by atoms with Crippen LogP contribution in [0.4, 0.5) is 0 Å². The lowest BCUT2D eigenvalue weighted by Gasteiger charge is -2.19. The standard InChI is InChI=1S/C21H22N2O2/c1-21(2,3)14-6-4-5-13(9-14)19-22-17-8-7-12(10-18(17)23-19)15-11-16(15)20(24)25/h4-10,15-16H,11H2,1-3H3,(H,22,23)(H,24,25). The first kappa shape index (κ1) is 15.9. The van der Waals surface area contributed by atoms with Gasteiger partial charge in [0.15, 0.2) is 0 Å². The van der Waals surface area contributed by atoms with E-state index in [1.165, 1.54) is 5.56 Å². The van der Waals surface area contributed by atoms with Crippen LogP contribution < -0.4 is 0 Å². The maximum Gasteiger partial charge on any atom is 0.307 e. The topological polar surface area (TPSA) is 66.0 Å². The zero-order valence-electron chi connectivity index (χ0n) is 14.7. The van der Waals surface area contributed by atoms with Crippen molar-refractivity contribution >= 4 is 17.0 Å². The normalized spacial score (nSPS) is 20.0. The van der Waals surface area contributed by atoms with Gasteiger partial charge in [-0.25, -0.2) is 4.98 Å². The second kappa shape index (κ2) is 5.45. The molecule has 0 spiro atoms. The van der Waals surface area contributed by atoms with Gasteiger partial charge in [0, 0.05) is 5.56 Å². The smallest absolute Gasteiger partial charge is 0.307 e. The van der Waals surface area contributed by atoms with Gasteiger partial charge in [-0.15, -0.1) is 0 Å². The predicted molar refractivity (Wildman–Crippen MR) is 98.7 cm³/mol. The number of carbonyl (C=O) groups is 1. The molecule has 0 amide bonds. The molecular weight excluding hydrogens is 312 g/mol. The molecule has 4 heteroatoms. The average Bonchev–Trinajstić information content (AvgIpc) is 3.26. The molecule has 2 unspecified atom stereocenters. The third-order valence-corrected chi connectivity index (χ3v) is 5.04. The summed E-state index contributed by atoms with van der Waals surface area (Å²) < 4.78 is 0. The van der Waals surface area contributed by atoms with E-state index in [4.69, 9.17) is 10.1 Å². The number of aromatic nitrogens is 2. The Kier molecular flexibility index (Phi) is 3.46. The highest BCUT2D eigenvalue weighted by atomic mass is 16.4. The Hall–Kier alpha value is -2.62. The van der Waals surface area contributed by atoms with E-state index < -0.39 is 5.97 Å². The van der Waals surface area contributed by atoms with Crippen LogP contribution in [0.1, 0.15) is 44.2 Å². The lowest BCUT2D eigenvalue weighted by atomic mass is 9.86. The summed E-state index contributed by atoms with van der Waals surface area (Å²) >= 11 is 0. The monoisotopic (exact) mass is 334 g/mol. The number of H-pyrrole nitrogens is 1. The Balaban J connectivity index is 1.69. The number of carboxylic acid groups (broad SMARTS) is 1. The van der Waals surface area contributed by atoms with Crippen LogP contribution in [-0.2, 0) is 10.2 Å². The number of nitrogens with one attached hydrogen (secondary N) is 1. The van der Waals surface area contributed by atoms with E-state index in [-0.39, 0.29) is 17.3 Å². The fourth-order valence-electron chi connectivity index (χ4n) is 3.36. The average molecular weight is 334 g/mol. The Bertz CT molecular complexity index is 965. The highest BCUT2D eigenvalue weighted by Crippen LogP contribution is 2.48. The zero-order valence-corrected chi connectivity index (χ0v) is 14.7. The van der Waals surface area contributed by atoms with Crippen molar-refractivity contribution in [1.82, 2.24) is 9.97 Å². The minimum Gasteiger partial charge on any atom is -0.481 e. The molecule has 1 aliphatic rings. The summed E-state index contributed by atoms with van der Waals surface area (Å²) in [6, 6.07) is 14.5. The molecule has 2 N–H and O–H groups in total. The molecular formula is C21H22N2O2. The van der Waals surface area contributed by atoms with Crippen LogP contribution in [0.15, 0.2) is 42.5 Å². The van der Waals surface area contributed by atoms with Crippen molar-refractivity contribution in [2.75, 3.05) is 0 Å². The molecule has 0 saturated heterocycles. The van der Waals surface area contributed by atoms with E-state index in [1.807, 2.05) is 18.2 Å². The van der Waals surface area contributed by atoms with E-state index in [0.29, 0.717) is 0 Å². The molecule has 1 aliphatic carbocycles. The number of hydrogen-bond donors (Lipinski definition) is 2. The van der Waals surface area contributed by atoms with Gasteiger partial charge in [0.2, 0.25) is 0 Å². The maximum absolute atomic E-state index is 11.1. The second-order valence-corrected chi connectivity index (χ2v) is 7.98. The van der Waals surface area contributed by atoms with Crippen molar-refractivity contribution < 1.29 is 9.90 Å². The van der Waals surface area contributed by atoms with E-state index in [9.17, 15) is 4.79 Å². The van der Waals surface area contributed by atoms with Gasteiger partial charge in [-0.1, -0.05) is 45.0 Å². The quantitative estimate of drug-likeness (QED) is 0.728. The van der Waals surface area contributed by atoms with Gasteiger partial charge in [0.05, 0.1) is 17.0 Å². The van der Waals surface area contributed by atoms with Crippen LogP contribution in [0.3, 0.4) is 0 Å². The summed E-state index contributed by atoms with van der Waals surface area (Å²) in [7, 11) is 0. The van der Waals surface area contributed by atoms with E-state index in [2.05, 4.69) is 50.0 Å². The Morgan fingerprint density at radius 3 is 2.68 bits per heavy atom. The number of benzene rings is 2. The molecule has 4 nitrogen and oxygen atoms in total. The maximum atomic E-state index is 11.1. The number of carboxylic acids is 1. The Labute approximate surface area is 146 Å². The molecule has 1 fully saturated rings. The molecule has 1 heterocycles. The third-order valence-electron chi connectivity index (χ3n) is 5.04. The molecule has 0 radical (unpaired) electrons. The molecule has 2 aromatic carbocycles. The largest absolute Gasteiger partial charge is 0.481 e. The number of hydrogen-bond acceptors (Lipinski definition) is 2. The Morgan fingerprint density at radius 1 is 1.20 bits per heavy atom. The molecule has 1 saturated carbocycles. The first-order valence-corrected chi connectivity index (χ1v) is 8.66. The van der Waals surface area contributed by atoms with Gasteiger partial charge in [-0.2, -0.15) is 0 Å². The van der Waals surface area contributed by atoms with Crippen molar-refractivity contribution in [2.45, 2.75) is 38.5 Å². The molecule has 3 aromatic rings. The van der Waals surface area contributed by atoms with Gasteiger partial charge in [-0.3, -0.25) is 4.79 Å². The minimum atomic E-state index is -0.700. The molecule has 25 heavy (non-hydrogen) atoms. The van der Waals surface area contributed by atoms with Crippen LogP contribution in [0, 0.1) is 5.92 Å². The van der Waals surface area contributed by atoms with Crippen molar-refractivity contribution in [2.24, 2.45) is 5.92 Å². The van der Waals surface area contributed by atoms with Crippen LogP contribution in [0.25, 0.3) is 22.4 Å².